The molecule has 0 saturated heterocycles. The molecule has 33 heavy (non-hydrogen) atoms. The van der Waals surface area contributed by atoms with Gasteiger partial charge in [0.15, 0.2) is 0 Å². The molecule has 8 nitrogen and oxygen atoms in total. The summed E-state index contributed by atoms with van der Waals surface area (Å²) in [6.45, 7) is 3.87. The van der Waals surface area contributed by atoms with Crippen LogP contribution in [0.2, 0.25) is 0 Å². The van der Waals surface area contributed by atoms with Gasteiger partial charge in [-0.25, -0.2) is 0 Å². The van der Waals surface area contributed by atoms with Crippen molar-refractivity contribution in [2.45, 2.75) is 129 Å². The number of ether oxygens (including phenoxy) is 3. The predicted molar refractivity (Wildman–Crippen MR) is 125 cm³/mol. The lowest BCUT2D eigenvalue weighted by molar-refractivity contribution is -0.161. The first-order chi connectivity index (χ1) is 15.8. The van der Waals surface area contributed by atoms with Gasteiger partial charge < -0.3 is 24.4 Å². The van der Waals surface area contributed by atoms with Gasteiger partial charge >= 0.3 is 17.9 Å². The van der Waals surface area contributed by atoms with Crippen molar-refractivity contribution in [3.05, 3.63) is 0 Å². The molecule has 8 heteroatoms. The summed E-state index contributed by atoms with van der Waals surface area (Å²) in [6, 6.07) is 0. The molecule has 0 aliphatic rings. The first-order valence-corrected chi connectivity index (χ1v) is 12.6. The molecular formula is C25H46O8. The van der Waals surface area contributed by atoms with Crippen LogP contribution in [0, 0.1) is 0 Å². The maximum Gasteiger partial charge on any atom is 0.309 e. The van der Waals surface area contributed by atoms with Crippen molar-refractivity contribution in [3.8, 4) is 0 Å². The van der Waals surface area contributed by atoms with Gasteiger partial charge in [-0.05, 0) is 25.7 Å². The number of esters is 3. The molecule has 0 unspecified atom stereocenters. The molecular weight excluding hydrogens is 428 g/mol. The van der Waals surface area contributed by atoms with E-state index in [2.05, 4.69) is 6.92 Å². The van der Waals surface area contributed by atoms with Crippen molar-refractivity contribution in [2.75, 3.05) is 13.2 Å². The van der Waals surface area contributed by atoms with E-state index in [1.165, 1.54) is 65.2 Å². The molecule has 0 spiro atoms. The first kappa shape index (κ1) is 31.3. The zero-order valence-electron chi connectivity index (χ0n) is 20.9. The van der Waals surface area contributed by atoms with Crippen LogP contribution in [0.1, 0.15) is 111 Å². The van der Waals surface area contributed by atoms with Crippen molar-refractivity contribution in [1.29, 1.82) is 0 Å². The number of unbranched alkanes of at least 4 members (excludes halogenated alkanes) is 9. The smallest absolute Gasteiger partial charge is 0.309 e. The quantitative estimate of drug-likeness (QED) is 0.144. The van der Waals surface area contributed by atoms with Crippen LogP contribution in [0.5, 0.6) is 0 Å². The van der Waals surface area contributed by atoms with E-state index in [9.17, 15) is 14.4 Å². The maximum atomic E-state index is 12.0. The number of hydrogen-bond acceptors (Lipinski definition) is 8. The molecule has 2 atom stereocenters. The zero-order chi connectivity index (χ0) is 24.9. The zero-order valence-corrected chi connectivity index (χ0v) is 20.9. The molecule has 0 heterocycles. The summed E-state index contributed by atoms with van der Waals surface area (Å²) >= 11 is 0. The lowest BCUT2D eigenvalue weighted by Crippen LogP contribution is -2.29. The van der Waals surface area contributed by atoms with Crippen LogP contribution in [-0.4, -0.2) is 59.6 Å². The SMILES string of the molecule is CCCCCCCCCCCC[C@@H](CC[C@H](CC(=O)OC(CO)CO)OC(C)=O)OC(C)=O. The molecule has 0 saturated carbocycles. The summed E-state index contributed by atoms with van der Waals surface area (Å²) in [5, 5.41) is 18.1. The predicted octanol–water partition coefficient (Wildman–Crippen LogP) is 4.23. The highest BCUT2D eigenvalue weighted by atomic mass is 16.6. The van der Waals surface area contributed by atoms with Gasteiger partial charge in [0.2, 0.25) is 0 Å². The Kier molecular flexibility index (Phi) is 19.8. The molecule has 2 N–H and O–H groups in total. The van der Waals surface area contributed by atoms with Crippen molar-refractivity contribution in [2.24, 2.45) is 0 Å². The molecule has 0 radical (unpaired) electrons. The van der Waals surface area contributed by atoms with E-state index in [4.69, 9.17) is 24.4 Å². The number of hydrogen-bond donors (Lipinski definition) is 2. The molecule has 0 amide bonds. The monoisotopic (exact) mass is 474 g/mol. The minimum Gasteiger partial charge on any atom is -0.463 e. The van der Waals surface area contributed by atoms with E-state index < -0.39 is 37.4 Å². The molecule has 194 valence electrons. The fraction of sp³-hybridized carbons (Fsp3) is 0.880. The minimum absolute atomic E-state index is 0.193. The van der Waals surface area contributed by atoms with Crippen molar-refractivity contribution in [3.63, 3.8) is 0 Å². The van der Waals surface area contributed by atoms with Gasteiger partial charge in [-0.1, -0.05) is 64.7 Å². The number of aliphatic hydroxyl groups is 2. The van der Waals surface area contributed by atoms with E-state index in [1.807, 2.05) is 0 Å². The van der Waals surface area contributed by atoms with Crippen LogP contribution >= 0.6 is 0 Å². The Balaban J connectivity index is 4.40. The Labute approximate surface area is 199 Å². The maximum absolute atomic E-state index is 12.0. The molecule has 0 aromatic heterocycles. The van der Waals surface area contributed by atoms with Gasteiger partial charge in [-0.3, -0.25) is 14.4 Å². The Bertz CT molecular complexity index is 519. The second kappa shape index (κ2) is 20.9. The Morgan fingerprint density at radius 2 is 1.06 bits per heavy atom. The molecule has 0 rings (SSSR count). The van der Waals surface area contributed by atoms with Crippen LogP contribution in [0.3, 0.4) is 0 Å². The third-order valence-corrected chi connectivity index (χ3v) is 5.46. The van der Waals surface area contributed by atoms with Gasteiger partial charge in [-0.15, -0.1) is 0 Å². The van der Waals surface area contributed by atoms with Crippen LogP contribution in [-0.2, 0) is 28.6 Å². The Morgan fingerprint density at radius 3 is 1.55 bits per heavy atom. The minimum atomic E-state index is -0.999. The van der Waals surface area contributed by atoms with Crippen LogP contribution in [0.25, 0.3) is 0 Å². The summed E-state index contributed by atoms with van der Waals surface area (Å²) < 4.78 is 15.6. The average molecular weight is 475 g/mol. The van der Waals surface area contributed by atoms with E-state index in [0.717, 1.165) is 19.3 Å². The fourth-order valence-electron chi connectivity index (χ4n) is 3.72. The second-order valence-corrected chi connectivity index (χ2v) is 8.69. The summed E-state index contributed by atoms with van der Waals surface area (Å²) in [5.41, 5.74) is 0. The second-order valence-electron chi connectivity index (χ2n) is 8.69. The van der Waals surface area contributed by atoms with E-state index in [0.29, 0.717) is 12.8 Å². The molecule has 0 aromatic rings. The number of carbonyl (C=O) groups is 3. The van der Waals surface area contributed by atoms with E-state index >= 15 is 0 Å². The first-order valence-electron chi connectivity index (χ1n) is 12.6. The van der Waals surface area contributed by atoms with Gasteiger partial charge in [-0.2, -0.15) is 0 Å². The average Bonchev–Trinajstić information content (AvgIpc) is 2.75. The van der Waals surface area contributed by atoms with Gasteiger partial charge in [0.05, 0.1) is 19.6 Å². The van der Waals surface area contributed by atoms with E-state index in [-0.39, 0.29) is 18.5 Å². The summed E-state index contributed by atoms with van der Waals surface area (Å²) in [7, 11) is 0. The number of carbonyl (C=O) groups excluding carboxylic acids is 3. The standard InChI is InChI=1S/C25H46O8/c1-4-5-6-7-8-9-10-11-12-13-14-22(31-20(2)28)15-16-23(32-21(3)29)17-25(30)33-24(18-26)19-27/h22-24,26-27H,4-19H2,1-3H3/t22-,23+/m0/s1. The van der Waals surface area contributed by atoms with Crippen molar-refractivity contribution < 1.29 is 38.8 Å². The molecule has 0 aromatic carbocycles. The highest BCUT2D eigenvalue weighted by molar-refractivity contribution is 5.71. The molecule has 0 aliphatic heterocycles. The number of aliphatic hydroxyl groups excluding tert-OH is 2. The lowest BCUT2D eigenvalue weighted by atomic mass is 10.0. The third kappa shape index (κ3) is 19.5. The summed E-state index contributed by atoms with van der Waals surface area (Å²) in [4.78, 5) is 35.0. The highest BCUT2D eigenvalue weighted by Crippen LogP contribution is 2.19. The summed E-state index contributed by atoms with van der Waals surface area (Å²) in [6.07, 6.45) is 11.5. The van der Waals surface area contributed by atoms with Crippen molar-refractivity contribution >= 4 is 17.9 Å². The fourth-order valence-corrected chi connectivity index (χ4v) is 3.72. The van der Waals surface area contributed by atoms with E-state index in [1.54, 1.807) is 0 Å². The molecule has 0 bridgehead atoms. The molecule has 0 aliphatic carbocycles. The van der Waals surface area contributed by atoms with Gasteiger partial charge in [0.1, 0.15) is 18.3 Å². The largest absolute Gasteiger partial charge is 0.463 e. The number of rotatable bonds is 21. The topological polar surface area (TPSA) is 119 Å². The van der Waals surface area contributed by atoms with Crippen LogP contribution in [0.15, 0.2) is 0 Å². The summed E-state index contributed by atoms with van der Waals surface area (Å²) in [5.74, 6) is -1.55. The van der Waals surface area contributed by atoms with Crippen LogP contribution in [0.4, 0.5) is 0 Å². The highest BCUT2D eigenvalue weighted by Gasteiger charge is 2.23. The Hall–Kier alpha value is -1.67. The third-order valence-electron chi connectivity index (χ3n) is 5.46. The van der Waals surface area contributed by atoms with Crippen LogP contribution < -0.4 is 0 Å². The van der Waals surface area contributed by atoms with Crippen molar-refractivity contribution in [1.82, 2.24) is 0 Å². The normalized spacial score (nSPS) is 12.9. The Morgan fingerprint density at radius 1 is 0.606 bits per heavy atom. The van der Waals surface area contributed by atoms with Gasteiger partial charge in [0.25, 0.3) is 0 Å². The lowest BCUT2D eigenvalue weighted by Gasteiger charge is -2.22. The van der Waals surface area contributed by atoms with Gasteiger partial charge in [0, 0.05) is 13.8 Å². The molecule has 0 fully saturated rings.